The van der Waals surface area contributed by atoms with Crippen molar-refractivity contribution in [1.29, 1.82) is 0 Å². The van der Waals surface area contributed by atoms with Gasteiger partial charge in [0.25, 0.3) is 5.91 Å². The number of aliphatic carboxylic acids is 1. The first-order valence-corrected chi connectivity index (χ1v) is 13.2. The number of carbonyl (C=O) groups is 3. The molecule has 212 valence electrons. The molecule has 8 nitrogen and oxygen atoms in total. The van der Waals surface area contributed by atoms with Crippen molar-refractivity contribution in [2.75, 3.05) is 6.54 Å². The van der Waals surface area contributed by atoms with E-state index < -0.39 is 53.6 Å². The second-order valence-corrected chi connectivity index (χ2v) is 10.6. The van der Waals surface area contributed by atoms with Crippen molar-refractivity contribution in [3.63, 3.8) is 0 Å². The molecule has 1 amide bonds. The summed E-state index contributed by atoms with van der Waals surface area (Å²) in [5.74, 6) is -3.42. The molecule has 1 fully saturated rings. The van der Waals surface area contributed by atoms with Crippen molar-refractivity contribution < 1.29 is 32.7 Å². The fraction of sp³-hybridized carbons (Fsp3) is 0.346. The number of hydrogen-bond acceptors (Lipinski definition) is 5. The molecule has 40 heavy (non-hydrogen) atoms. The van der Waals surface area contributed by atoms with E-state index in [1.165, 1.54) is 12.4 Å². The van der Waals surface area contributed by atoms with Crippen molar-refractivity contribution in [1.82, 2.24) is 19.7 Å². The Bertz CT molecular complexity index is 1400. The number of carboxylic acid groups (broad SMARTS) is 1. The summed E-state index contributed by atoms with van der Waals surface area (Å²) in [6.45, 7) is -0.870. The van der Waals surface area contributed by atoms with E-state index in [-0.39, 0.29) is 47.8 Å². The minimum Gasteiger partial charge on any atom is -0.481 e. The molecule has 3 aromatic rings. The van der Waals surface area contributed by atoms with Crippen LogP contribution in [0.5, 0.6) is 0 Å². The van der Waals surface area contributed by atoms with Gasteiger partial charge < -0.3 is 10.0 Å². The SMILES string of the molecule is O=C(CN(Cc1ccc(Cl)cc1)C(=O)c1cnn([C@H]2CC[C@H](C(=O)O)CC2)c1C(F)(F)F)c1c(Cl)cncc1Cl. The molecule has 0 aliphatic heterocycles. The number of nitrogens with zero attached hydrogens (tertiary/aromatic N) is 4. The lowest BCUT2D eigenvalue weighted by Crippen LogP contribution is -2.37. The summed E-state index contributed by atoms with van der Waals surface area (Å²) in [6.07, 6.45) is -1.06. The molecule has 0 saturated heterocycles. The smallest absolute Gasteiger partial charge is 0.433 e. The first-order chi connectivity index (χ1) is 18.9. The van der Waals surface area contributed by atoms with Crippen molar-refractivity contribution in [2.24, 2.45) is 5.92 Å². The highest BCUT2D eigenvalue weighted by atomic mass is 35.5. The molecule has 14 heteroatoms. The summed E-state index contributed by atoms with van der Waals surface area (Å²) in [7, 11) is 0. The summed E-state index contributed by atoms with van der Waals surface area (Å²) in [4.78, 5) is 42.9. The van der Waals surface area contributed by atoms with Gasteiger partial charge in [-0.2, -0.15) is 18.3 Å². The Labute approximate surface area is 241 Å². The Balaban J connectivity index is 1.70. The number of carbonyl (C=O) groups excluding carboxylic acids is 2. The van der Waals surface area contributed by atoms with Crippen LogP contribution in [0, 0.1) is 5.92 Å². The van der Waals surface area contributed by atoms with E-state index in [4.69, 9.17) is 34.8 Å². The quantitative estimate of drug-likeness (QED) is 0.286. The fourth-order valence-electron chi connectivity index (χ4n) is 4.76. The zero-order valence-electron chi connectivity index (χ0n) is 20.7. The van der Waals surface area contributed by atoms with Crippen molar-refractivity contribution >= 4 is 52.5 Å². The third-order valence-electron chi connectivity index (χ3n) is 6.73. The van der Waals surface area contributed by atoms with Gasteiger partial charge in [0, 0.05) is 24.0 Å². The van der Waals surface area contributed by atoms with E-state index in [0.717, 1.165) is 15.8 Å². The van der Waals surface area contributed by atoms with Gasteiger partial charge in [0.05, 0.1) is 45.9 Å². The largest absolute Gasteiger partial charge is 0.481 e. The predicted octanol–water partition coefficient (Wildman–Crippen LogP) is 6.60. The molecule has 1 aromatic carbocycles. The molecule has 1 aliphatic rings. The highest BCUT2D eigenvalue weighted by Crippen LogP contribution is 2.39. The summed E-state index contributed by atoms with van der Waals surface area (Å²) in [5, 5.41) is 13.4. The molecule has 4 rings (SSSR count). The molecule has 1 aliphatic carbocycles. The number of alkyl halides is 3. The second-order valence-electron chi connectivity index (χ2n) is 9.38. The zero-order chi connectivity index (χ0) is 29.2. The third kappa shape index (κ3) is 6.59. The monoisotopic (exact) mass is 616 g/mol. The van der Waals surface area contributed by atoms with Gasteiger partial charge in [-0.3, -0.25) is 24.0 Å². The summed E-state index contributed by atoms with van der Waals surface area (Å²) in [6, 6.07) is 5.51. The number of halogens is 6. The van der Waals surface area contributed by atoms with Gasteiger partial charge in [0.2, 0.25) is 0 Å². The van der Waals surface area contributed by atoms with E-state index in [9.17, 15) is 32.7 Å². The average molecular weight is 618 g/mol. The normalized spacial score (nSPS) is 17.4. The molecule has 2 heterocycles. The zero-order valence-corrected chi connectivity index (χ0v) is 22.9. The Morgan fingerprint density at radius 3 is 2.12 bits per heavy atom. The van der Waals surface area contributed by atoms with E-state index in [1.54, 1.807) is 24.3 Å². The Kier molecular flexibility index (Phi) is 9.06. The lowest BCUT2D eigenvalue weighted by molar-refractivity contribution is -0.147. The molecule has 0 unspecified atom stereocenters. The highest BCUT2D eigenvalue weighted by molar-refractivity contribution is 6.39. The number of carboxylic acids is 1. The minimum atomic E-state index is -4.96. The Hall–Kier alpha value is -3.15. The van der Waals surface area contributed by atoms with E-state index in [0.29, 0.717) is 10.6 Å². The molecular weight excluding hydrogens is 596 g/mol. The van der Waals surface area contributed by atoms with Crippen LogP contribution in [0.1, 0.15) is 63.7 Å². The predicted molar refractivity (Wildman–Crippen MR) is 141 cm³/mol. The topological polar surface area (TPSA) is 105 Å². The maximum absolute atomic E-state index is 14.4. The van der Waals surface area contributed by atoms with Gasteiger partial charge in [-0.05, 0) is 43.4 Å². The molecule has 1 saturated carbocycles. The Morgan fingerprint density at radius 1 is 0.975 bits per heavy atom. The number of hydrogen-bond donors (Lipinski definition) is 1. The van der Waals surface area contributed by atoms with Crippen molar-refractivity contribution in [3.8, 4) is 0 Å². The summed E-state index contributed by atoms with van der Waals surface area (Å²) < 4.78 is 43.9. The third-order valence-corrected chi connectivity index (χ3v) is 7.55. The van der Waals surface area contributed by atoms with Crippen LogP contribution in [0.4, 0.5) is 13.2 Å². The molecule has 2 aromatic heterocycles. The van der Waals surface area contributed by atoms with Gasteiger partial charge in [-0.15, -0.1) is 0 Å². The Morgan fingerprint density at radius 2 is 1.57 bits per heavy atom. The van der Waals surface area contributed by atoms with Gasteiger partial charge in [0.1, 0.15) is 0 Å². The molecule has 0 bridgehead atoms. The van der Waals surface area contributed by atoms with Crippen LogP contribution >= 0.6 is 34.8 Å². The van der Waals surface area contributed by atoms with E-state index in [2.05, 4.69) is 10.1 Å². The number of amides is 1. The number of rotatable bonds is 8. The van der Waals surface area contributed by atoms with Gasteiger partial charge in [-0.25, -0.2) is 0 Å². The van der Waals surface area contributed by atoms with E-state index >= 15 is 0 Å². The molecule has 1 N–H and O–H groups in total. The lowest BCUT2D eigenvalue weighted by atomic mass is 9.86. The maximum atomic E-state index is 14.4. The maximum Gasteiger partial charge on any atom is 0.433 e. The van der Waals surface area contributed by atoms with Crippen molar-refractivity contribution in [3.05, 3.63) is 80.3 Å². The van der Waals surface area contributed by atoms with Crippen LogP contribution in [0.15, 0.2) is 42.9 Å². The van der Waals surface area contributed by atoms with Crippen molar-refractivity contribution in [2.45, 2.75) is 44.4 Å². The van der Waals surface area contributed by atoms with Crippen LogP contribution in [-0.4, -0.2) is 49.0 Å². The summed E-state index contributed by atoms with van der Waals surface area (Å²) >= 11 is 18.1. The van der Waals surface area contributed by atoms with Crippen LogP contribution in [0.3, 0.4) is 0 Å². The lowest BCUT2D eigenvalue weighted by Gasteiger charge is -2.28. The number of benzene rings is 1. The number of aromatic nitrogens is 3. The van der Waals surface area contributed by atoms with Crippen LogP contribution in [0.2, 0.25) is 15.1 Å². The van der Waals surface area contributed by atoms with E-state index in [1.807, 2.05) is 0 Å². The first-order valence-electron chi connectivity index (χ1n) is 12.1. The second kappa shape index (κ2) is 12.2. The van der Waals surface area contributed by atoms with Crippen LogP contribution in [-0.2, 0) is 17.5 Å². The van der Waals surface area contributed by atoms with Gasteiger partial charge in [-0.1, -0.05) is 46.9 Å². The van der Waals surface area contributed by atoms with Gasteiger partial charge >= 0.3 is 12.1 Å². The number of pyridine rings is 1. The minimum absolute atomic E-state index is 0.0721. The molecular formula is C26H22Cl3F3N4O4. The number of ketones is 1. The molecule has 0 radical (unpaired) electrons. The van der Waals surface area contributed by atoms with Crippen LogP contribution < -0.4 is 0 Å². The molecule has 0 spiro atoms. The first kappa shape index (κ1) is 29.8. The molecule has 0 atom stereocenters. The highest BCUT2D eigenvalue weighted by Gasteiger charge is 2.43. The fourth-order valence-corrected chi connectivity index (χ4v) is 5.46. The number of Topliss-reactive ketones (excluding diaryl/α,β-unsaturated/α-hetero) is 1. The standard InChI is InChI=1S/C26H22Cl3F3N4O4/c27-16-5-1-14(2-6-16)12-35(13-21(37)22-19(28)10-33-11-20(22)29)24(38)18-9-34-36(23(18)26(30,31)32)17-7-3-15(4-8-17)25(39)40/h1-2,5-6,9-11,15,17H,3-4,7-8,12-13H2,(H,39,40)/t15-,17-. The summed E-state index contributed by atoms with van der Waals surface area (Å²) in [5.41, 5.74) is -1.61. The average Bonchev–Trinajstić information content (AvgIpc) is 3.35. The van der Waals surface area contributed by atoms with Gasteiger partial charge in [0.15, 0.2) is 11.5 Å². The van der Waals surface area contributed by atoms with Crippen LogP contribution in [0.25, 0.3) is 0 Å².